The Bertz CT molecular complexity index is 339. The maximum atomic E-state index is 12.4. The van der Waals surface area contributed by atoms with Crippen LogP contribution < -0.4 is 0 Å². The number of aliphatic hydroxyl groups excluding tert-OH is 1. The van der Waals surface area contributed by atoms with Gasteiger partial charge in [-0.15, -0.1) is 0 Å². The summed E-state index contributed by atoms with van der Waals surface area (Å²) in [6.45, 7) is -0.278. The van der Waals surface area contributed by atoms with Gasteiger partial charge in [0.25, 0.3) is 0 Å². The topological polar surface area (TPSA) is 53.0 Å². The standard InChI is InChI=1S/C13H23F3N2O3/c1-17(7-11(19)8-21-2)12(20)10-4-3-5-18(6-10)9-13(14,15)16/h10-11,19H,3-9H2,1-2H3. The van der Waals surface area contributed by atoms with Gasteiger partial charge in [0, 0.05) is 27.2 Å². The first kappa shape index (κ1) is 18.2. The second-order valence-corrected chi connectivity index (χ2v) is 5.52. The van der Waals surface area contributed by atoms with Gasteiger partial charge in [0.05, 0.1) is 25.2 Å². The molecule has 1 rings (SSSR count). The van der Waals surface area contributed by atoms with Crippen LogP contribution in [-0.2, 0) is 9.53 Å². The number of piperidine rings is 1. The molecule has 21 heavy (non-hydrogen) atoms. The summed E-state index contributed by atoms with van der Waals surface area (Å²) in [5.74, 6) is -0.669. The van der Waals surface area contributed by atoms with E-state index in [2.05, 4.69) is 0 Å². The van der Waals surface area contributed by atoms with Crippen LogP contribution in [0.2, 0.25) is 0 Å². The number of hydrogen-bond donors (Lipinski definition) is 1. The number of amides is 1. The fraction of sp³-hybridized carbons (Fsp3) is 0.923. The zero-order chi connectivity index (χ0) is 16.0. The van der Waals surface area contributed by atoms with Gasteiger partial charge in [0.1, 0.15) is 0 Å². The van der Waals surface area contributed by atoms with Crippen molar-refractivity contribution in [2.24, 2.45) is 5.92 Å². The van der Waals surface area contributed by atoms with Crippen molar-refractivity contribution in [3.05, 3.63) is 0 Å². The zero-order valence-corrected chi connectivity index (χ0v) is 12.4. The van der Waals surface area contributed by atoms with Crippen molar-refractivity contribution in [3.8, 4) is 0 Å². The number of hydrogen-bond acceptors (Lipinski definition) is 4. The van der Waals surface area contributed by atoms with Crippen molar-refractivity contribution in [1.82, 2.24) is 9.80 Å². The molecule has 0 spiro atoms. The molecule has 0 aromatic rings. The van der Waals surface area contributed by atoms with Crippen molar-refractivity contribution < 1.29 is 27.8 Å². The van der Waals surface area contributed by atoms with Gasteiger partial charge in [-0.2, -0.15) is 13.2 Å². The highest BCUT2D eigenvalue weighted by Gasteiger charge is 2.35. The number of aliphatic hydroxyl groups is 1. The number of carbonyl (C=O) groups is 1. The van der Waals surface area contributed by atoms with Crippen molar-refractivity contribution in [2.75, 3.05) is 46.9 Å². The number of halogens is 3. The number of likely N-dealkylation sites (N-methyl/N-ethyl adjacent to an activating group) is 1. The van der Waals surface area contributed by atoms with E-state index < -0.39 is 24.7 Å². The molecule has 0 aromatic heterocycles. The molecular weight excluding hydrogens is 289 g/mol. The van der Waals surface area contributed by atoms with E-state index in [4.69, 9.17) is 4.74 Å². The molecule has 124 valence electrons. The van der Waals surface area contributed by atoms with Gasteiger partial charge < -0.3 is 14.7 Å². The molecule has 1 amide bonds. The maximum Gasteiger partial charge on any atom is 0.401 e. The number of alkyl halides is 3. The Morgan fingerprint density at radius 2 is 2.19 bits per heavy atom. The van der Waals surface area contributed by atoms with E-state index in [0.29, 0.717) is 19.4 Å². The molecule has 1 saturated heterocycles. The van der Waals surface area contributed by atoms with Gasteiger partial charge in [-0.1, -0.05) is 0 Å². The highest BCUT2D eigenvalue weighted by Crippen LogP contribution is 2.23. The van der Waals surface area contributed by atoms with Crippen LogP contribution >= 0.6 is 0 Å². The molecule has 0 radical (unpaired) electrons. The van der Waals surface area contributed by atoms with Crippen molar-refractivity contribution in [3.63, 3.8) is 0 Å². The van der Waals surface area contributed by atoms with Crippen LogP contribution in [0, 0.1) is 5.92 Å². The number of rotatable bonds is 6. The average molecular weight is 312 g/mol. The Labute approximate surface area is 122 Å². The predicted molar refractivity (Wildman–Crippen MR) is 70.7 cm³/mol. The monoisotopic (exact) mass is 312 g/mol. The molecular formula is C13H23F3N2O3. The molecule has 0 aromatic carbocycles. The highest BCUT2D eigenvalue weighted by molar-refractivity contribution is 5.79. The molecule has 0 bridgehead atoms. The Hall–Kier alpha value is -0.860. The van der Waals surface area contributed by atoms with E-state index in [1.165, 1.54) is 16.9 Å². The summed E-state index contributed by atoms with van der Waals surface area (Å²) in [7, 11) is 2.99. The lowest BCUT2D eigenvalue weighted by atomic mass is 9.96. The first-order valence-corrected chi connectivity index (χ1v) is 6.94. The number of nitrogens with zero attached hydrogens (tertiary/aromatic N) is 2. The molecule has 2 unspecified atom stereocenters. The zero-order valence-electron chi connectivity index (χ0n) is 12.4. The molecule has 0 saturated carbocycles. The Balaban J connectivity index is 2.49. The first-order chi connectivity index (χ1) is 9.73. The number of methoxy groups -OCH3 is 1. The second kappa shape index (κ2) is 7.95. The van der Waals surface area contributed by atoms with Crippen LogP contribution in [0.15, 0.2) is 0 Å². The molecule has 1 fully saturated rings. The van der Waals surface area contributed by atoms with Crippen LogP contribution in [0.25, 0.3) is 0 Å². The fourth-order valence-electron chi connectivity index (χ4n) is 2.62. The lowest BCUT2D eigenvalue weighted by Gasteiger charge is -2.34. The number of carbonyl (C=O) groups excluding carboxylic acids is 1. The third-order valence-electron chi connectivity index (χ3n) is 3.48. The van der Waals surface area contributed by atoms with Gasteiger partial charge >= 0.3 is 6.18 Å². The van der Waals surface area contributed by atoms with Crippen molar-refractivity contribution in [1.29, 1.82) is 0 Å². The van der Waals surface area contributed by atoms with E-state index in [1.54, 1.807) is 7.05 Å². The molecule has 1 aliphatic rings. The quantitative estimate of drug-likeness (QED) is 0.785. The molecule has 8 heteroatoms. The Morgan fingerprint density at radius 3 is 2.76 bits per heavy atom. The predicted octanol–water partition coefficient (Wildman–Crippen LogP) is 0.726. The lowest BCUT2D eigenvalue weighted by molar-refractivity contribution is -0.154. The smallest absolute Gasteiger partial charge is 0.389 e. The summed E-state index contributed by atoms with van der Waals surface area (Å²) in [5, 5.41) is 9.59. The average Bonchev–Trinajstić information content (AvgIpc) is 2.36. The largest absolute Gasteiger partial charge is 0.401 e. The van der Waals surface area contributed by atoms with E-state index in [1.807, 2.05) is 0 Å². The SMILES string of the molecule is COCC(O)CN(C)C(=O)C1CCCN(CC(F)(F)F)C1. The molecule has 1 N–H and O–H groups in total. The summed E-state index contributed by atoms with van der Waals surface area (Å²) in [4.78, 5) is 14.9. The van der Waals surface area contributed by atoms with Crippen LogP contribution in [-0.4, -0.2) is 80.0 Å². The number of ether oxygens (including phenoxy) is 1. The van der Waals surface area contributed by atoms with Crippen LogP contribution in [0.5, 0.6) is 0 Å². The number of likely N-dealkylation sites (tertiary alicyclic amines) is 1. The molecule has 0 aliphatic carbocycles. The van der Waals surface area contributed by atoms with E-state index in [0.717, 1.165) is 0 Å². The Kier molecular flexibility index (Phi) is 6.89. The van der Waals surface area contributed by atoms with Gasteiger partial charge in [-0.3, -0.25) is 9.69 Å². The van der Waals surface area contributed by atoms with E-state index in [9.17, 15) is 23.1 Å². The second-order valence-electron chi connectivity index (χ2n) is 5.52. The lowest BCUT2D eigenvalue weighted by Crippen LogP contribution is -2.47. The minimum atomic E-state index is -4.24. The molecule has 1 aliphatic heterocycles. The third-order valence-corrected chi connectivity index (χ3v) is 3.48. The van der Waals surface area contributed by atoms with E-state index in [-0.39, 0.29) is 25.6 Å². The summed E-state index contributed by atoms with van der Waals surface area (Å²) in [6, 6.07) is 0. The van der Waals surface area contributed by atoms with E-state index >= 15 is 0 Å². The van der Waals surface area contributed by atoms with Gasteiger partial charge in [0.2, 0.25) is 5.91 Å². The van der Waals surface area contributed by atoms with Crippen LogP contribution in [0.3, 0.4) is 0 Å². The fourth-order valence-corrected chi connectivity index (χ4v) is 2.62. The summed E-state index contributed by atoms with van der Waals surface area (Å²) >= 11 is 0. The highest BCUT2D eigenvalue weighted by atomic mass is 19.4. The van der Waals surface area contributed by atoms with Gasteiger partial charge in [0.15, 0.2) is 0 Å². The minimum absolute atomic E-state index is 0.114. The summed E-state index contributed by atoms with van der Waals surface area (Å²) < 4.78 is 42.0. The van der Waals surface area contributed by atoms with Gasteiger partial charge in [-0.25, -0.2) is 0 Å². The van der Waals surface area contributed by atoms with Crippen molar-refractivity contribution in [2.45, 2.75) is 25.1 Å². The molecule has 1 heterocycles. The normalized spacial score (nSPS) is 22.1. The van der Waals surface area contributed by atoms with Crippen molar-refractivity contribution >= 4 is 5.91 Å². The third kappa shape index (κ3) is 6.62. The molecule has 2 atom stereocenters. The minimum Gasteiger partial charge on any atom is -0.389 e. The van der Waals surface area contributed by atoms with Crippen LogP contribution in [0.4, 0.5) is 13.2 Å². The first-order valence-electron chi connectivity index (χ1n) is 6.94. The summed E-state index contributed by atoms with van der Waals surface area (Å²) in [5.41, 5.74) is 0. The Morgan fingerprint density at radius 1 is 1.52 bits per heavy atom. The van der Waals surface area contributed by atoms with Gasteiger partial charge in [-0.05, 0) is 19.4 Å². The maximum absolute atomic E-state index is 12.4. The summed E-state index contributed by atoms with van der Waals surface area (Å²) in [6.07, 6.45) is -3.89. The molecule has 5 nitrogen and oxygen atoms in total. The van der Waals surface area contributed by atoms with Crippen LogP contribution in [0.1, 0.15) is 12.8 Å².